The number of ether oxygens (including phenoxy) is 1. The van der Waals surface area contributed by atoms with E-state index in [0.717, 1.165) is 44.2 Å². The van der Waals surface area contributed by atoms with E-state index in [1.165, 1.54) is 0 Å². The Kier molecular flexibility index (Phi) is 6.08. The summed E-state index contributed by atoms with van der Waals surface area (Å²) in [5.41, 5.74) is 0.711. The highest BCUT2D eigenvalue weighted by Gasteiger charge is 2.19. The summed E-state index contributed by atoms with van der Waals surface area (Å²) < 4.78 is 7.61. The third-order valence-electron chi connectivity index (χ3n) is 4.99. The van der Waals surface area contributed by atoms with Crippen LogP contribution in [-0.2, 0) is 11.8 Å². The van der Waals surface area contributed by atoms with Gasteiger partial charge in [-0.1, -0.05) is 13.8 Å². The summed E-state index contributed by atoms with van der Waals surface area (Å²) in [4.78, 5) is 17.0. The quantitative estimate of drug-likeness (QED) is 0.794. The zero-order valence-corrected chi connectivity index (χ0v) is 15.9. The molecule has 7 nitrogen and oxygen atoms in total. The highest BCUT2D eigenvalue weighted by molar-refractivity contribution is 5.98. The van der Waals surface area contributed by atoms with Gasteiger partial charge in [-0.2, -0.15) is 10.1 Å². The smallest absolute Gasteiger partial charge is 0.225 e. The van der Waals surface area contributed by atoms with E-state index in [-0.39, 0.29) is 12.0 Å². The second-order valence-electron chi connectivity index (χ2n) is 7.01. The molecule has 1 amide bonds. The third-order valence-corrected chi connectivity index (χ3v) is 4.99. The summed E-state index contributed by atoms with van der Waals surface area (Å²) in [7, 11) is 1.83. The number of aryl methyl sites for hydroxylation is 1. The molecule has 0 saturated carbocycles. The van der Waals surface area contributed by atoms with Crippen LogP contribution in [0.3, 0.4) is 0 Å². The molecule has 1 fully saturated rings. The van der Waals surface area contributed by atoms with Crippen LogP contribution in [0.15, 0.2) is 12.1 Å². The van der Waals surface area contributed by atoms with Crippen molar-refractivity contribution in [1.29, 1.82) is 0 Å². The number of hydrogen-bond acceptors (Lipinski definition) is 5. The summed E-state index contributed by atoms with van der Waals surface area (Å²) in [6.07, 6.45) is 4.80. The minimum atomic E-state index is 0.0102. The van der Waals surface area contributed by atoms with Crippen LogP contribution >= 0.6 is 0 Å². The largest absolute Gasteiger partial charge is 0.474 e. The van der Waals surface area contributed by atoms with Gasteiger partial charge in [-0.3, -0.25) is 4.79 Å². The van der Waals surface area contributed by atoms with Crippen molar-refractivity contribution in [2.24, 2.45) is 13.0 Å². The SMILES string of the molecule is CCC(CC)Oc1ccc2c(NC(=O)CC3CCCNC3)nn(C)c2n1. The van der Waals surface area contributed by atoms with Crippen molar-refractivity contribution in [3.8, 4) is 5.88 Å². The minimum Gasteiger partial charge on any atom is -0.474 e. The number of nitrogens with zero attached hydrogens (tertiary/aromatic N) is 3. The van der Waals surface area contributed by atoms with Gasteiger partial charge in [0, 0.05) is 19.5 Å². The number of rotatable bonds is 7. The van der Waals surface area contributed by atoms with Crippen molar-refractivity contribution in [1.82, 2.24) is 20.1 Å². The van der Waals surface area contributed by atoms with Crippen molar-refractivity contribution in [3.05, 3.63) is 12.1 Å². The number of carbonyl (C=O) groups excluding carboxylic acids is 1. The van der Waals surface area contributed by atoms with Crippen molar-refractivity contribution >= 4 is 22.8 Å². The van der Waals surface area contributed by atoms with Gasteiger partial charge in [0.25, 0.3) is 0 Å². The number of hydrogen-bond donors (Lipinski definition) is 2. The minimum absolute atomic E-state index is 0.0102. The first-order chi connectivity index (χ1) is 12.6. The molecule has 26 heavy (non-hydrogen) atoms. The fourth-order valence-electron chi connectivity index (χ4n) is 3.44. The Labute approximate surface area is 154 Å². The average Bonchev–Trinajstić information content (AvgIpc) is 2.95. The van der Waals surface area contributed by atoms with Crippen LogP contribution in [0.5, 0.6) is 5.88 Å². The number of nitrogens with one attached hydrogen (secondary N) is 2. The van der Waals surface area contributed by atoms with Gasteiger partial charge in [0.05, 0.1) is 11.5 Å². The Morgan fingerprint density at radius 3 is 2.92 bits per heavy atom. The Balaban J connectivity index is 1.71. The maximum Gasteiger partial charge on any atom is 0.225 e. The molecule has 1 aliphatic rings. The molecule has 0 spiro atoms. The van der Waals surface area contributed by atoms with E-state index in [1.807, 2.05) is 19.2 Å². The van der Waals surface area contributed by atoms with E-state index >= 15 is 0 Å². The zero-order chi connectivity index (χ0) is 18.5. The Bertz CT molecular complexity index is 748. The predicted octanol–water partition coefficient (Wildman–Crippen LogP) is 2.86. The van der Waals surface area contributed by atoms with Gasteiger partial charge >= 0.3 is 0 Å². The first-order valence-corrected chi connectivity index (χ1v) is 9.61. The molecule has 2 N–H and O–H groups in total. The lowest BCUT2D eigenvalue weighted by atomic mass is 9.96. The molecule has 1 saturated heterocycles. The number of fused-ring (bicyclic) bond motifs is 1. The lowest BCUT2D eigenvalue weighted by molar-refractivity contribution is -0.117. The monoisotopic (exact) mass is 359 g/mol. The van der Waals surface area contributed by atoms with Crippen LogP contribution in [0, 0.1) is 5.92 Å². The van der Waals surface area contributed by atoms with Gasteiger partial charge in [-0.05, 0) is 50.8 Å². The second kappa shape index (κ2) is 8.49. The van der Waals surface area contributed by atoms with Crippen molar-refractivity contribution in [2.75, 3.05) is 18.4 Å². The van der Waals surface area contributed by atoms with Gasteiger partial charge in [0.1, 0.15) is 0 Å². The zero-order valence-electron chi connectivity index (χ0n) is 15.9. The predicted molar refractivity (Wildman–Crippen MR) is 102 cm³/mol. The molecule has 3 rings (SSSR count). The third kappa shape index (κ3) is 4.33. The van der Waals surface area contributed by atoms with E-state index < -0.39 is 0 Å². The second-order valence-corrected chi connectivity index (χ2v) is 7.01. The van der Waals surface area contributed by atoms with Crippen molar-refractivity contribution < 1.29 is 9.53 Å². The van der Waals surface area contributed by atoms with Gasteiger partial charge in [0.2, 0.25) is 11.8 Å². The van der Waals surface area contributed by atoms with Crippen LogP contribution < -0.4 is 15.4 Å². The molecule has 2 aromatic rings. The fraction of sp³-hybridized carbons (Fsp3) is 0.632. The van der Waals surface area contributed by atoms with E-state index in [0.29, 0.717) is 29.7 Å². The van der Waals surface area contributed by atoms with Crippen LogP contribution in [0.25, 0.3) is 11.0 Å². The molecule has 7 heteroatoms. The van der Waals surface area contributed by atoms with Gasteiger partial charge in [-0.15, -0.1) is 0 Å². The first kappa shape index (κ1) is 18.6. The van der Waals surface area contributed by atoms with Crippen molar-refractivity contribution in [2.45, 2.75) is 52.1 Å². The van der Waals surface area contributed by atoms with Crippen LogP contribution in [0.4, 0.5) is 5.82 Å². The fourth-order valence-corrected chi connectivity index (χ4v) is 3.44. The maximum absolute atomic E-state index is 12.4. The average molecular weight is 359 g/mol. The van der Waals surface area contributed by atoms with Gasteiger partial charge in [-0.25, -0.2) is 4.68 Å². The summed E-state index contributed by atoms with van der Waals surface area (Å²) in [6.45, 7) is 6.17. The Morgan fingerprint density at radius 2 is 2.23 bits per heavy atom. The summed E-state index contributed by atoms with van der Waals surface area (Å²) >= 11 is 0. The highest BCUT2D eigenvalue weighted by Crippen LogP contribution is 2.25. The van der Waals surface area contributed by atoms with E-state index in [9.17, 15) is 4.79 Å². The molecule has 142 valence electrons. The number of piperidine rings is 1. The van der Waals surface area contributed by atoms with Gasteiger partial charge < -0.3 is 15.4 Å². The van der Waals surface area contributed by atoms with Gasteiger partial charge in [0.15, 0.2) is 11.5 Å². The van der Waals surface area contributed by atoms with Crippen LogP contribution in [0.2, 0.25) is 0 Å². The van der Waals surface area contributed by atoms with Crippen LogP contribution in [-0.4, -0.2) is 39.9 Å². The molecule has 0 bridgehead atoms. The topological polar surface area (TPSA) is 81.1 Å². The number of carbonyl (C=O) groups is 1. The van der Waals surface area contributed by atoms with E-state index in [4.69, 9.17) is 4.74 Å². The van der Waals surface area contributed by atoms with E-state index in [2.05, 4.69) is 34.6 Å². The number of anilines is 1. The molecule has 2 aromatic heterocycles. The molecular formula is C19H29N5O2. The molecule has 1 aliphatic heterocycles. The normalized spacial score (nSPS) is 17.6. The summed E-state index contributed by atoms with van der Waals surface area (Å²) in [5, 5.41) is 11.6. The molecule has 3 heterocycles. The molecule has 1 atom stereocenters. The molecule has 0 aliphatic carbocycles. The van der Waals surface area contributed by atoms with E-state index in [1.54, 1.807) is 4.68 Å². The lowest BCUT2D eigenvalue weighted by Crippen LogP contribution is -2.32. The standard InChI is InChI=1S/C19H29N5O2/c1-4-14(5-2)26-17-9-8-15-18(23-24(3)19(15)22-17)21-16(25)11-13-7-6-10-20-12-13/h8-9,13-14,20H,4-7,10-12H2,1-3H3,(H,21,23,25). The molecular weight excluding hydrogens is 330 g/mol. The molecule has 0 radical (unpaired) electrons. The summed E-state index contributed by atoms with van der Waals surface area (Å²) in [5.74, 6) is 1.58. The first-order valence-electron chi connectivity index (χ1n) is 9.61. The Morgan fingerprint density at radius 1 is 1.42 bits per heavy atom. The highest BCUT2D eigenvalue weighted by atomic mass is 16.5. The van der Waals surface area contributed by atoms with Crippen LogP contribution in [0.1, 0.15) is 46.0 Å². The van der Waals surface area contributed by atoms with Crippen molar-refractivity contribution in [3.63, 3.8) is 0 Å². The number of amides is 1. The molecule has 0 aromatic carbocycles. The molecule has 1 unspecified atom stereocenters. The number of aromatic nitrogens is 3. The number of pyridine rings is 1. The summed E-state index contributed by atoms with van der Waals surface area (Å²) in [6, 6.07) is 3.77. The Hall–Kier alpha value is -2.15. The lowest BCUT2D eigenvalue weighted by Gasteiger charge is -2.21. The maximum atomic E-state index is 12.4.